The second-order valence-electron chi connectivity index (χ2n) is 5.63. The molecule has 1 atom stereocenters. The maximum absolute atomic E-state index is 11.3. The van der Waals surface area contributed by atoms with Gasteiger partial charge < -0.3 is 14.6 Å². The van der Waals surface area contributed by atoms with E-state index in [1.54, 1.807) is 21.1 Å². The molecule has 0 radical (unpaired) electrons. The van der Waals surface area contributed by atoms with Crippen LogP contribution in [0, 0.1) is 5.41 Å². The molecule has 6 heteroatoms. The Labute approximate surface area is 133 Å². The summed E-state index contributed by atoms with van der Waals surface area (Å²) in [4.78, 5) is 13.5. The number of halogens is 1. The summed E-state index contributed by atoms with van der Waals surface area (Å²) in [6, 6.07) is 3.81. The number of ether oxygens (including phenoxy) is 2. The summed E-state index contributed by atoms with van der Waals surface area (Å²) in [5, 5.41) is 9.29. The first-order valence-electron chi connectivity index (χ1n) is 6.76. The van der Waals surface area contributed by atoms with Crippen LogP contribution in [0.15, 0.2) is 16.6 Å². The maximum Gasteiger partial charge on any atom is 0.310 e. The fourth-order valence-electron chi connectivity index (χ4n) is 2.62. The maximum atomic E-state index is 11.3. The minimum Gasteiger partial charge on any atom is -0.493 e. The lowest BCUT2D eigenvalue weighted by atomic mass is 9.90. The van der Waals surface area contributed by atoms with E-state index in [2.05, 4.69) is 20.8 Å². The van der Waals surface area contributed by atoms with Crippen LogP contribution >= 0.6 is 15.9 Å². The van der Waals surface area contributed by atoms with Gasteiger partial charge in [0.15, 0.2) is 11.5 Å². The van der Waals surface area contributed by atoms with Gasteiger partial charge in [-0.1, -0.05) is 15.9 Å². The molecule has 5 nitrogen and oxygen atoms in total. The van der Waals surface area contributed by atoms with Crippen molar-refractivity contribution >= 4 is 21.9 Å². The Balaban J connectivity index is 2.16. The van der Waals surface area contributed by atoms with Gasteiger partial charge >= 0.3 is 5.97 Å². The van der Waals surface area contributed by atoms with Gasteiger partial charge in [-0.05, 0) is 37.6 Å². The molecular formula is C15H20BrNO4. The third kappa shape index (κ3) is 3.32. The molecule has 1 N–H and O–H groups in total. The molecular weight excluding hydrogens is 338 g/mol. The number of benzene rings is 1. The quantitative estimate of drug-likeness (QED) is 0.877. The van der Waals surface area contributed by atoms with Crippen LogP contribution in [0.5, 0.6) is 11.5 Å². The van der Waals surface area contributed by atoms with E-state index in [1.807, 2.05) is 12.1 Å². The standard InChI is InChI=1S/C15H20BrNO4/c1-15(14(18)19)4-5-17(9-15)8-10-6-12(20-2)13(21-3)7-11(10)16/h6-7H,4-5,8-9H2,1-3H3,(H,18,19). The molecule has 0 aliphatic carbocycles. The summed E-state index contributed by atoms with van der Waals surface area (Å²) in [6.07, 6.45) is 0.674. The van der Waals surface area contributed by atoms with Gasteiger partial charge in [0.1, 0.15) is 0 Å². The molecule has 0 spiro atoms. The van der Waals surface area contributed by atoms with E-state index in [-0.39, 0.29) is 0 Å². The van der Waals surface area contributed by atoms with Crippen LogP contribution < -0.4 is 9.47 Å². The molecule has 0 bridgehead atoms. The first kappa shape index (κ1) is 16.1. The van der Waals surface area contributed by atoms with Crippen molar-refractivity contribution in [3.05, 3.63) is 22.2 Å². The highest BCUT2D eigenvalue weighted by Crippen LogP contribution is 2.36. The average molecular weight is 358 g/mol. The van der Waals surface area contributed by atoms with Crippen LogP contribution in [-0.4, -0.2) is 43.3 Å². The molecule has 2 rings (SSSR count). The second-order valence-corrected chi connectivity index (χ2v) is 6.48. The van der Waals surface area contributed by atoms with Crippen LogP contribution in [0.2, 0.25) is 0 Å². The van der Waals surface area contributed by atoms with Crippen molar-refractivity contribution < 1.29 is 19.4 Å². The van der Waals surface area contributed by atoms with Crippen LogP contribution in [0.1, 0.15) is 18.9 Å². The minimum absolute atomic E-state index is 0.559. The predicted octanol–water partition coefficient (Wildman–Crippen LogP) is 2.76. The third-order valence-electron chi connectivity index (χ3n) is 4.02. The van der Waals surface area contributed by atoms with E-state index in [9.17, 15) is 9.90 Å². The third-order valence-corrected chi connectivity index (χ3v) is 4.75. The number of likely N-dealkylation sites (tertiary alicyclic amines) is 1. The molecule has 116 valence electrons. The zero-order valence-corrected chi connectivity index (χ0v) is 14.1. The lowest BCUT2D eigenvalue weighted by molar-refractivity contribution is -0.147. The zero-order chi connectivity index (χ0) is 15.6. The van der Waals surface area contributed by atoms with Gasteiger partial charge in [-0.15, -0.1) is 0 Å². The summed E-state index contributed by atoms with van der Waals surface area (Å²) < 4.78 is 11.5. The fourth-order valence-corrected chi connectivity index (χ4v) is 3.07. The van der Waals surface area contributed by atoms with Crippen LogP contribution in [-0.2, 0) is 11.3 Å². The van der Waals surface area contributed by atoms with Gasteiger partial charge in [0, 0.05) is 17.6 Å². The Morgan fingerprint density at radius 3 is 2.52 bits per heavy atom. The highest BCUT2D eigenvalue weighted by atomic mass is 79.9. The van der Waals surface area contributed by atoms with Gasteiger partial charge in [0.25, 0.3) is 0 Å². The van der Waals surface area contributed by atoms with Crippen molar-refractivity contribution in [1.29, 1.82) is 0 Å². The van der Waals surface area contributed by atoms with Gasteiger partial charge in [0.05, 0.1) is 19.6 Å². The summed E-state index contributed by atoms with van der Waals surface area (Å²) in [7, 11) is 3.20. The molecule has 0 saturated carbocycles. The minimum atomic E-state index is -0.726. The summed E-state index contributed by atoms with van der Waals surface area (Å²) in [5.41, 5.74) is 0.408. The molecule has 1 aromatic carbocycles. The van der Waals surface area contributed by atoms with Crippen LogP contribution in [0.3, 0.4) is 0 Å². The topological polar surface area (TPSA) is 59.0 Å². The Bertz CT molecular complexity index is 549. The number of carbonyl (C=O) groups is 1. The van der Waals surface area contributed by atoms with Crippen molar-refractivity contribution in [2.75, 3.05) is 27.3 Å². The monoisotopic (exact) mass is 357 g/mol. The highest BCUT2D eigenvalue weighted by Gasteiger charge is 2.40. The summed E-state index contributed by atoms with van der Waals surface area (Å²) in [5.74, 6) is 0.622. The number of aliphatic carboxylic acids is 1. The van der Waals surface area contributed by atoms with Crippen LogP contribution in [0.25, 0.3) is 0 Å². The molecule has 1 aromatic rings. The van der Waals surface area contributed by atoms with E-state index < -0.39 is 11.4 Å². The molecule has 1 heterocycles. The van der Waals surface area contributed by atoms with Crippen molar-refractivity contribution in [2.24, 2.45) is 5.41 Å². The number of rotatable bonds is 5. The number of hydrogen-bond acceptors (Lipinski definition) is 4. The number of carboxylic acids is 1. The molecule has 1 fully saturated rings. The smallest absolute Gasteiger partial charge is 0.310 e. The van der Waals surface area contributed by atoms with Gasteiger partial charge in [0.2, 0.25) is 0 Å². The molecule has 0 aromatic heterocycles. The number of nitrogens with zero attached hydrogens (tertiary/aromatic N) is 1. The zero-order valence-electron chi connectivity index (χ0n) is 12.5. The SMILES string of the molecule is COc1cc(Br)c(CN2CCC(C)(C(=O)O)C2)cc1OC. The first-order chi connectivity index (χ1) is 9.89. The van der Waals surface area contributed by atoms with Crippen LogP contribution in [0.4, 0.5) is 0 Å². The predicted molar refractivity (Wildman–Crippen MR) is 82.9 cm³/mol. The van der Waals surface area contributed by atoms with Crippen molar-refractivity contribution in [3.63, 3.8) is 0 Å². The Kier molecular flexibility index (Phi) is 4.78. The normalized spacial score (nSPS) is 22.3. The number of carboxylic acid groups (broad SMARTS) is 1. The number of hydrogen-bond donors (Lipinski definition) is 1. The van der Waals surface area contributed by atoms with Crippen molar-refractivity contribution in [2.45, 2.75) is 19.9 Å². The molecule has 0 amide bonds. The van der Waals surface area contributed by atoms with Gasteiger partial charge in [-0.3, -0.25) is 9.69 Å². The first-order valence-corrected chi connectivity index (χ1v) is 7.55. The number of methoxy groups -OCH3 is 2. The van der Waals surface area contributed by atoms with E-state index in [0.717, 1.165) is 16.6 Å². The summed E-state index contributed by atoms with van der Waals surface area (Å²) in [6.45, 7) is 3.83. The van der Waals surface area contributed by atoms with E-state index >= 15 is 0 Å². The molecule has 1 aliphatic rings. The highest BCUT2D eigenvalue weighted by molar-refractivity contribution is 9.10. The van der Waals surface area contributed by atoms with Crippen molar-refractivity contribution in [1.82, 2.24) is 4.90 Å². The summed E-state index contributed by atoms with van der Waals surface area (Å²) >= 11 is 3.54. The Morgan fingerprint density at radius 2 is 2.00 bits per heavy atom. The lowest BCUT2D eigenvalue weighted by Gasteiger charge is -2.21. The average Bonchev–Trinajstić information content (AvgIpc) is 2.83. The Morgan fingerprint density at radius 1 is 1.38 bits per heavy atom. The van der Waals surface area contributed by atoms with Gasteiger partial charge in [-0.2, -0.15) is 0 Å². The molecule has 1 unspecified atom stereocenters. The van der Waals surface area contributed by atoms with Crippen molar-refractivity contribution in [3.8, 4) is 11.5 Å². The molecule has 1 saturated heterocycles. The largest absolute Gasteiger partial charge is 0.493 e. The van der Waals surface area contributed by atoms with E-state index in [4.69, 9.17) is 9.47 Å². The lowest BCUT2D eigenvalue weighted by Crippen LogP contribution is -2.31. The van der Waals surface area contributed by atoms with E-state index in [0.29, 0.717) is 31.0 Å². The second kappa shape index (κ2) is 6.23. The Hall–Kier alpha value is -1.27. The molecule has 21 heavy (non-hydrogen) atoms. The molecule has 1 aliphatic heterocycles. The van der Waals surface area contributed by atoms with Gasteiger partial charge in [-0.25, -0.2) is 0 Å². The van der Waals surface area contributed by atoms with E-state index in [1.165, 1.54) is 0 Å². The fraction of sp³-hybridized carbons (Fsp3) is 0.533.